The standard InChI is InChI=1S/C23H21FN2O3/c1-17(29-25-15-19-9-5-6-10-22(19)24)23(27)26-20-11-13-21(14-12-20)28-16-18-7-3-2-4-8-18/h2-15,17H,16H2,1H3,(H,26,27)/b25-15-/t17-/m0/s1. The van der Waals surface area contributed by atoms with E-state index in [4.69, 9.17) is 9.57 Å². The quantitative estimate of drug-likeness (QED) is 0.443. The van der Waals surface area contributed by atoms with E-state index in [0.29, 0.717) is 18.0 Å². The number of amides is 1. The van der Waals surface area contributed by atoms with Crippen molar-refractivity contribution < 1.29 is 18.8 Å². The van der Waals surface area contributed by atoms with Crippen LogP contribution in [-0.2, 0) is 16.2 Å². The highest BCUT2D eigenvalue weighted by Crippen LogP contribution is 2.17. The molecule has 6 heteroatoms. The second kappa shape index (κ2) is 10.0. The van der Waals surface area contributed by atoms with Gasteiger partial charge in [-0.25, -0.2) is 4.39 Å². The van der Waals surface area contributed by atoms with Gasteiger partial charge in [0.15, 0.2) is 0 Å². The smallest absolute Gasteiger partial charge is 0.267 e. The van der Waals surface area contributed by atoms with Gasteiger partial charge in [-0.2, -0.15) is 0 Å². The number of carbonyl (C=O) groups is 1. The monoisotopic (exact) mass is 392 g/mol. The summed E-state index contributed by atoms with van der Waals surface area (Å²) in [5, 5.41) is 6.42. The Morgan fingerprint density at radius 1 is 1.03 bits per heavy atom. The highest BCUT2D eigenvalue weighted by Gasteiger charge is 2.14. The number of hydrogen-bond acceptors (Lipinski definition) is 4. The lowest BCUT2D eigenvalue weighted by Crippen LogP contribution is -2.26. The normalized spacial score (nSPS) is 11.8. The first-order valence-electron chi connectivity index (χ1n) is 9.13. The van der Waals surface area contributed by atoms with Crippen molar-refractivity contribution in [3.8, 4) is 5.75 Å². The molecule has 3 aromatic carbocycles. The third-order valence-electron chi connectivity index (χ3n) is 4.06. The molecule has 0 aliphatic carbocycles. The molecule has 0 aliphatic heterocycles. The van der Waals surface area contributed by atoms with Gasteiger partial charge >= 0.3 is 0 Å². The molecular formula is C23H21FN2O3. The highest BCUT2D eigenvalue weighted by atomic mass is 19.1. The fourth-order valence-electron chi connectivity index (χ4n) is 2.43. The van der Waals surface area contributed by atoms with E-state index >= 15 is 0 Å². The van der Waals surface area contributed by atoms with Gasteiger partial charge in [0.25, 0.3) is 5.91 Å². The summed E-state index contributed by atoms with van der Waals surface area (Å²) in [5.74, 6) is -0.0780. The molecule has 1 N–H and O–H groups in total. The van der Waals surface area contributed by atoms with E-state index in [1.165, 1.54) is 12.3 Å². The molecule has 0 saturated heterocycles. The van der Waals surface area contributed by atoms with Crippen LogP contribution in [-0.4, -0.2) is 18.2 Å². The van der Waals surface area contributed by atoms with Crippen molar-refractivity contribution in [3.05, 3.63) is 95.8 Å². The van der Waals surface area contributed by atoms with Crippen LogP contribution in [0.3, 0.4) is 0 Å². The van der Waals surface area contributed by atoms with E-state index < -0.39 is 11.9 Å². The van der Waals surface area contributed by atoms with Gasteiger partial charge in [0.05, 0.1) is 6.21 Å². The Morgan fingerprint density at radius 3 is 2.45 bits per heavy atom. The number of hydrogen-bond donors (Lipinski definition) is 1. The molecule has 0 bridgehead atoms. The second-order valence-electron chi connectivity index (χ2n) is 6.29. The van der Waals surface area contributed by atoms with Crippen LogP contribution in [0, 0.1) is 5.82 Å². The molecule has 1 atom stereocenters. The Morgan fingerprint density at radius 2 is 1.72 bits per heavy atom. The number of rotatable bonds is 8. The Hall–Kier alpha value is -3.67. The summed E-state index contributed by atoms with van der Waals surface area (Å²) < 4.78 is 19.2. The molecule has 3 aromatic rings. The molecule has 0 aromatic heterocycles. The predicted molar refractivity (Wildman–Crippen MR) is 110 cm³/mol. The molecule has 3 rings (SSSR count). The molecule has 5 nitrogen and oxygen atoms in total. The second-order valence-corrected chi connectivity index (χ2v) is 6.29. The van der Waals surface area contributed by atoms with E-state index in [-0.39, 0.29) is 11.5 Å². The number of ether oxygens (including phenoxy) is 1. The zero-order valence-corrected chi connectivity index (χ0v) is 15.9. The van der Waals surface area contributed by atoms with Gasteiger partial charge < -0.3 is 14.9 Å². The molecule has 0 saturated carbocycles. The van der Waals surface area contributed by atoms with Crippen LogP contribution in [0.1, 0.15) is 18.1 Å². The number of nitrogens with zero attached hydrogens (tertiary/aromatic N) is 1. The summed E-state index contributed by atoms with van der Waals surface area (Å²) in [6.07, 6.45) is 0.393. The van der Waals surface area contributed by atoms with E-state index in [2.05, 4.69) is 10.5 Å². The van der Waals surface area contributed by atoms with Crippen LogP contribution >= 0.6 is 0 Å². The number of oxime groups is 1. The molecule has 0 fully saturated rings. The number of nitrogens with one attached hydrogen (secondary N) is 1. The summed E-state index contributed by atoms with van der Waals surface area (Å²) in [7, 11) is 0. The van der Waals surface area contributed by atoms with Gasteiger partial charge in [0, 0.05) is 11.3 Å². The third-order valence-corrected chi connectivity index (χ3v) is 4.06. The van der Waals surface area contributed by atoms with Crippen molar-refractivity contribution >= 4 is 17.8 Å². The van der Waals surface area contributed by atoms with E-state index in [9.17, 15) is 9.18 Å². The first-order chi connectivity index (χ1) is 14.1. The van der Waals surface area contributed by atoms with Gasteiger partial charge in [-0.3, -0.25) is 4.79 Å². The van der Waals surface area contributed by atoms with Gasteiger partial charge in [-0.1, -0.05) is 53.7 Å². The largest absolute Gasteiger partial charge is 0.489 e. The summed E-state index contributed by atoms with van der Waals surface area (Å²) in [5.41, 5.74) is 1.97. The lowest BCUT2D eigenvalue weighted by atomic mass is 10.2. The Labute approximate surface area is 168 Å². The van der Waals surface area contributed by atoms with E-state index in [0.717, 1.165) is 5.56 Å². The van der Waals surface area contributed by atoms with Gasteiger partial charge in [0.1, 0.15) is 18.2 Å². The lowest BCUT2D eigenvalue weighted by molar-refractivity contribution is -0.126. The SMILES string of the molecule is C[C@H](O/N=C\c1ccccc1F)C(=O)Nc1ccc(OCc2ccccc2)cc1. The number of benzene rings is 3. The predicted octanol–water partition coefficient (Wildman–Crippen LogP) is 4.78. The highest BCUT2D eigenvalue weighted by molar-refractivity contribution is 5.94. The molecule has 0 spiro atoms. The molecule has 0 radical (unpaired) electrons. The van der Waals surface area contributed by atoms with Crippen molar-refractivity contribution in [3.63, 3.8) is 0 Å². The molecule has 1 amide bonds. The van der Waals surface area contributed by atoms with Crippen LogP contribution in [0.4, 0.5) is 10.1 Å². The van der Waals surface area contributed by atoms with Crippen molar-refractivity contribution in [1.29, 1.82) is 0 Å². The molecule has 0 heterocycles. The fraction of sp³-hybridized carbons (Fsp3) is 0.130. The van der Waals surface area contributed by atoms with E-state index in [1.54, 1.807) is 49.4 Å². The Bertz CT molecular complexity index is 959. The topological polar surface area (TPSA) is 59.9 Å². The Kier molecular flexibility index (Phi) is 6.95. The minimum Gasteiger partial charge on any atom is -0.489 e. The first kappa shape index (κ1) is 20.1. The van der Waals surface area contributed by atoms with Crippen LogP contribution in [0.25, 0.3) is 0 Å². The van der Waals surface area contributed by atoms with Gasteiger partial charge in [-0.05, 0) is 42.8 Å². The number of anilines is 1. The van der Waals surface area contributed by atoms with E-state index in [1.807, 2.05) is 30.3 Å². The lowest BCUT2D eigenvalue weighted by Gasteiger charge is -2.11. The minimum absolute atomic E-state index is 0.284. The summed E-state index contributed by atoms with van der Waals surface area (Å²) in [4.78, 5) is 17.3. The maximum Gasteiger partial charge on any atom is 0.267 e. The molecule has 0 unspecified atom stereocenters. The van der Waals surface area contributed by atoms with Crippen LogP contribution in [0.15, 0.2) is 84.0 Å². The first-order valence-corrected chi connectivity index (χ1v) is 9.13. The van der Waals surface area contributed by atoms with Crippen molar-refractivity contribution in [1.82, 2.24) is 0 Å². The minimum atomic E-state index is -0.841. The zero-order valence-electron chi connectivity index (χ0n) is 15.9. The average Bonchev–Trinajstić information content (AvgIpc) is 2.75. The van der Waals surface area contributed by atoms with Gasteiger partial charge in [-0.15, -0.1) is 0 Å². The zero-order chi connectivity index (χ0) is 20.5. The van der Waals surface area contributed by atoms with Crippen LogP contribution in [0.5, 0.6) is 5.75 Å². The molecular weight excluding hydrogens is 371 g/mol. The summed E-state index contributed by atoms with van der Waals surface area (Å²) in [6, 6.07) is 23.1. The summed E-state index contributed by atoms with van der Waals surface area (Å²) >= 11 is 0. The van der Waals surface area contributed by atoms with Crippen molar-refractivity contribution in [2.24, 2.45) is 5.16 Å². The van der Waals surface area contributed by atoms with Crippen molar-refractivity contribution in [2.45, 2.75) is 19.6 Å². The fourth-order valence-corrected chi connectivity index (χ4v) is 2.43. The molecule has 0 aliphatic rings. The molecule has 29 heavy (non-hydrogen) atoms. The number of carbonyl (C=O) groups excluding carboxylic acids is 1. The van der Waals surface area contributed by atoms with Crippen molar-refractivity contribution in [2.75, 3.05) is 5.32 Å². The maximum absolute atomic E-state index is 13.5. The van der Waals surface area contributed by atoms with Crippen LogP contribution < -0.4 is 10.1 Å². The Balaban J connectivity index is 1.47. The summed E-state index contributed by atoms with van der Waals surface area (Å²) in [6.45, 7) is 2.03. The van der Waals surface area contributed by atoms with Gasteiger partial charge in [0.2, 0.25) is 6.10 Å². The average molecular weight is 392 g/mol. The van der Waals surface area contributed by atoms with Crippen LogP contribution in [0.2, 0.25) is 0 Å². The maximum atomic E-state index is 13.5. The third kappa shape index (κ3) is 6.17. The number of halogens is 1. The molecule has 148 valence electrons.